The van der Waals surface area contributed by atoms with Gasteiger partial charge in [-0.05, 0) is 82.0 Å². The molecule has 0 radical (unpaired) electrons. The van der Waals surface area contributed by atoms with E-state index in [1.165, 1.54) is 18.4 Å². The Morgan fingerprint density at radius 2 is 1.61 bits per heavy atom. The summed E-state index contributed by atoms with van der Waals surface area (Å²) >= 11 is 0. The number of imidazole rings is 1. The first kappa shape index (κ1) is 28.7. The largest absolute Gasteiger partial charge is 0.325 e. The number of nitrogens with one attached hydrogen (secondary N) is 2. The van der Waals surface area contributed by atoms with Gasteiger partial charge >= 0.3 is 0 Å². The Balaban J connectivity index is 1.09. The first-order valence-electron chi connectivity index (χ1n) is 15.1. The number of hydrogen-bond acceptors (Lipinski definition) is 4. The van der Waals surface area contributed by atoms with Crippen LogP contribution in [0.25, 0.3) is 11.0 Å². The summed E-state index contributed by atoms with van der Waals surface area (Å²) in [6, 6.07) is 19.5. The molecule has 41 heavy (non-hydrogen) atoms. The normalized spacial score (nSPS) is 26.0. The van der Waals surface area contributed by atoms with Crippen LogP contribution in [0.2, 0.25) is 0 Å². The van der Waals surface area contributed by atoms with E-state index in [1.807, 2.05) is 24.3 Å². The number of aromatic nitrogens is 2. The highest BCUT2D eigenvalue weighted by molar-refractivity contribution is 7.87. The lowest BCUT2D eigenvalue weighted by atomic mass is 9.93. The number of nitrogens with zero attached hydrogens (tertiary/aromatic N) is 3. The zero-order valence-electron chi connectivity index (χ0n) is 23.7. The molecule has 0 amide bonds. The highest BCUT2D eigenvalue weighted by Gasteiger charge is 2.42. The van der Waals surface area contributed by atoms with E-state index in [1.54, 1.807) is 0 Å². The van der Waals surface area contributed by atoms with Crippen molar-refractivity contribution < 1.29 is 17.2 Å². The first-order chi connectivity index (χ1) is 19.7. The fraction of sp³-hybridized carbons (Fsp3) is 0.581. The van der Waals surface area contributed by atoms with Crippen LogP contribution in [-0.2, 0) is 10.2 Å². The van der Waals surface area contributed by atoms with Gasteiger partial charge in [0.2, 0.25) is 5.92 Å². The smallest absolute Gasteiger partial charge is 0.277 e. The number of fused-ring (bicyclic) bond motifs is 3. The average Bonchev–Trinajstić information content (AvgIpc) is 3.40. The van der Waals surface area contributed by atoms with E-state index < -0.39 is 22.2 Å². The van der Waals surface area contributed by atoms with Crippen molar-refractivity contribution in [3.05, 3.63) is 66.0 Å². The minimum Gasteiger partial charge on any atom is -0.325 e. The molecule has 4 atom stereocenters. The third-order valence-corrected chi connectivity index (χ3v) is 10.8. The van der Waals surface area contributed by atoms with Crippen LogP contribution in [-0.4, -0.2) is 60.0 Å². The summed E-state index contributed by atoms with van der Waals surface area (Å²) in [7, 11) is -3.80. The summed E-state index contributed by atoms with van der Waals surface area (Å²) in [6.45, 7) is 3.30. The Hall–Kier alpha value is -2.40. The van der Waals surface area contributed by atoms with Gasteiger partial charge in [-0.25, -0.2) is 18.5 Å². The number of alkyl halides is 2. The molecule has 10 heteroatoms. The van der Waals surface area contributed by atoms with Crippen LogP contribution in [0, 0.1) is 6.92 Å². The molecule has 2 aromatic carbocycles. The number of halogens is 2. The highest BCUT2D eigenvalue weighted by atomic mass is 32.2. The molecule has 3 aromatic rings. The van der Waals surface area contributed by atoms with Gasteiger partial charge in [-0.3, -0.25) is 4.90 Å². The summed E-state index contributed by atoms with van der Waals surface area (Å²) in [5, 5.41) is 0. The van der Waals surface area contributed by atoms with Crippen molar-refractivity contribution in [3.63, 3.8) is 0 Å². The Kier molecular flexibility index (Phi) is 8.19. The summed E-state index contributed by atoms with van der Waals surface area (Å²) in [5.41, 5.74) is 3.38. The molecule has 1 aliphatic carbocycles. The van der Waals surface area contributed by atoms with Crippen molar-refractivity contribution in [2.24, 2.45) is 0 Å². The lowest BCUT2D eigenvalue weighted by molar-refractivity contribution is -0.0388. The second-order valence-corrected chi connectivity index (χ2v) is 13.8. The Morgan fingerprint density at radius 1 is 0.951 bits per heavy atom. The molecule has 3 fully saturated rings. The van der Waals surface area contributed by atoms with Crippen LogP contribution in [0.15, 0.2) is 54.6 Å². The topological polar surface area (TPSA) is 79.3 Å². The first-order valence-corrected chi connectivity index (χ1v) is 16.5. The third-order valence-electron chi connectivity index (χ3n) is 9.56. The Bertz CT molecular complexity index is 1420. The summed E-state index contributed by atoms with van der Waals surface area (Å²) in [6.07, 6.45) is 5.19. The van der Waals surface area contributed by atoms with Gasteiger partial charge in [-0.1, -0.05) is 42.5 Å². The molecule has 2 unspecified atom stereocenters. The van der Waals surface area contributed by atoms with Crippen molar-refractivity contribution >= 4 is 21.2 Å². The molecular formula is C31H41F2N5O2S. The minimum absolute atomic E-state index is 0.0143. The van der Waals surface area contributed by atoms with Crippen LogP contribution in [0.3, 0.4) is 0 Å². The maximum absolute atomic E-state index is 13.5. The van der Waals surface area contributed by atoms with Gasteiger partial charge in [0, 0.05) is 43.6 Å². The zero-order valence-corrected chi connectivity index (χ0v) is 24.5. The van der Waals surface area contributed by atoms with Crippen molar-refractivity contribution in [2.45, 2.75) is 101 Å². The van der Waals surface area contributed by atoms with E-state index in [2.05, 4.69) is 56.2 Å². The molecular weight excluding hydrogens is 544 g/mol. The van der Waals surface area contributed by atoms with E-state index in [9.17, 15) is 17.2 Å². The quantitative estimate of drug-likeness (QED) is 0.321. The van der Waals surface area contributed by atoms with E-state index in [4.69, 9.17) is 4.98 Å². The Morgan fingerprint density at radius 3 is 2.32 bits per heavy atom. The predicted molar refractivity (Wildman–Crippen MR) is 157 cm³/mol. The standard InChI is InChI=1S/C31H41F2N5O2S/c1-22-35-29-9-5-6-10-30(29)38(22)28-19-26-11-12-27(20-28)37(26)18-15-24(23-7-3-2-4-8-23)21-34-41(39,40)36-25-13-16-31(32,33)17-14-25/h2-10,24-28,34,36H,11-21H2,1H3/t24?,26-,27+,28?. The van der Waals surface area contributed by atoms with Crippen LogP contribution < -0.4 is 9.44 Å². The molecule has 2 saturated heterocycles. The molecule has 2 aliphatic heterocycles. The van der Waals surface area contributed by atoms with Gasteiger partial charge in [0.15, 0.2) is 0 Å². The molecule has 3 aliphatic rings. The predicted octanol–water partition coefficient (Wildman–Crippen LogP) is 5.69. The maximum atomic E-state index is 13.5. The number of hydrogen-bond donors (Lipinski definition) is 2. The van der Waals surface area contributed by atoms with Crippen molar-refractivity contribution in [3.8, 4) is 0 Å². The van der Waals surface area contributed by atoms with Crippen molar-refractivity contribution in [1.29, 1.82) is 0 Å². The lowest BCUT2D eigenvalue weighted by Crippen LogP contribution is -2.47. The summed E-state index contributed by atoms with van der Waals surface area (Å²) in [4.78, 5) is 7.47. The summed E-state index contributed by atoms with van der Waals surface area (Å²) < 4.78 is 60.6. The van der Waals surface area contributed by atoms with Gasteiger partial charge in [0.1, 0.15) is 5.82 Å². The molecule has 6 rings (SSSR count). The van der Waals surface area contributed by atoms with E-state index in [-0.39, 0.29) is 38.1 Å². The van der Waals surface area contributed by atoms with E-state index in [0.717, 1.165) is 42.7 Å². The number of piperidine rings is 1. The Labute approximate surface area is 241 Å². The maximum Gasteiger partial charge on any atom is 0.277 e. The zero-order chi connectivity index (χ0) is 28.6. The molecule has 1 aromatic heterocycles. The highest BCUT2D eigenvalue weighted by Crippen LogP contribution is 2.43. The van der Waals surface area contributed by atoms with Gasteiger partial charge in [0.05, 0.1) is 11.0 Å². The molecule has 2 N–H and O–H groups in total. The van der Waals surface area contributed by atoms with Crippen LogP contribution in [0.4, 0.5) is 8.78 Å². The van der Waals surface area contributed by atoms with Gasteiger partial charge in [-0.15, -0.1) is 0 Å². The van der Waals surface area contributed by atoms with Crippen LogP contribution in [0.1, 0.15) is 81.1 Å². The second-order valence-electron chi connectivity index (χ2n) is 12.3. The monoisotopic (exact) mass is 585 g/mol. The van der Waals surface area contributed by atoms with Gasteiger partial charge in [-0.2, -0.15) is 13.1 Å². The van der Waals surface area contributed by atoms with Gasteiger partial charge in [0.25, 0.3) is 10.2 Å². The fourth-order valence-electron chi connectivity index (χ4n) is 7.49. The number of aryl methyl sites for hydroxylation is 1. The minimum atomic E-state index is -3.80. The average molecular weight is 586 g/mol. The SMILES string of the molecule is Cc1nc2ccccc2n1C1C[C@H]2CC[C@@H](C1)N2CCC(CNS(=O)(=O)NC1CCC(F)(F)CC1)c1ccccc1. The van der Waals surface area contributed by atoms with Crippen LogP contribution >= 0.6 is 0 Å². The summed E-state index contributed by atoms with van der Waals surface area (Å²) in [5.74, 6) is -1.59. The molecule has 1 saturated carbocycles. The number of benzene rings is 2. The molecule has 7 nitrogen and oxygen atoms in total. The van der Waals surface area contributed by atoms with Crippen molar-refractivity contribution in [2.75, 3.05) is 13.1 Å². The third kappa shape index (κ3) is 6.50. The second kappa shape index (κ2) is 11.7. The molecule has 0 spiro atoms. The molecule has 3 heterocycles. The van der Waals surface area contributed by atoms with Crippen LogP contribution in [0.5, 0.6) is 0 Å². The molecule has 222 valence electrons. The number of para-hydroxylation sites is 2. The fourth-order valence-corrected chi connectivity index (χ4v) is 8.67. The van der Waals surface area contributed by atoms with Crippen molar-refractivity contribution in [1.82, 2.24) is 23.9 Å². The van der Waals surface area contributed by atoms with E-state index in [0.29, 0.717) is 18.1 Å². The van der Waals surface area contributed by atoms with E-state index >= 15 is 0 Å². The number of rotatable bonds is 10. The van der Waals surface area contributed by atoms with Gasteiger partial charge < -0.3 is 4.57 Å². The molecule has 2 bridgehead atoms. The lowest BCUT2D eigenvalue weighted by Gasteiger charge is -2.40.